The van der Waals surface area contributed by atoms with Crippen molar-refractivity contribution in [2.45, 2.75) is 0 Å². The molecule has 0 spiro atoms. The minimum Gasteiger partial charge on any atom is -0.412 e. The third kappa shape index (κ3) is 4430. The van der Waals surface area contributed by atoms with Gasteiger partial charge in [-0.15, -0.1) is 0 Å². The quantitative estimate of drug-likeness (QED) is 0.204. The van der Waals surface area contributed by atoms with Gasteiger partial charge in [0.05, 0.1) is 0 Å². The van der Waals surface area contributed by atoms with Crippen molar-refractivity contribution in [2.24, 2.45) is 0 Å². The Morgan fingerprint density at radius 1 is 0.0667 bits per heavy atom. The average molecular weight is 930 g/mol. The van der Waals surface area contributed by atoms with Crippen LogP contribution in [0.25, 0.3) is 0 Å². The first-order valence-electron chi connectivity index (χ1n) is 0. The van der Waals surface area contributed by atoms with Crippen LogP contribution in [-0.4, -0.2) is 137 Å². The molecule has 50 N–H and O–H groups in total. The zero-order valence-electron chi connectivity index (χ0n) is 14.5. The van der Waals surface area contributed by atoms with Crippen molar-refractivity contribution in [3.8, 4) is 0 Å². The van der Waals surface area contributed by atoms with E-state index in [0.717, 1.165) is 0 Å². The van der Waals surface area contributed by atoms with Crippen LogP contribution in [0, 0.1) is 0 Å². The van der Waals surface area contributed by atoms with Gasteiger partial charge < -0.3 is 137 Å². The third-order valence-electron chi connectivity index (χ3n) is 0. The van der Waals surface area contributed by atoms with E-state index >= 15 is 0 Å². The van der Waals surface area contributed by atoms with E-state index in [1.807, 2.05) is 0 Å². The van der Waals surface area contributed by atoms with Crippen molar-refractivity contribution >= 4 is 0 Å². The Morgan fingerprint density at radius 3 is 0.0667 bits per heavy atom. The first kappa shape index (κ1) is 5380. The van der Waals surface area contributed by atoms with E-state index in [4.69, 9.17) is 0 Å². The van der Waals surface area contributed by atoms with E-state index in [2.05, 4.69) is 0 Å². The van der Waals surface area contributed by atoms with Gasteiger partial charge in [0.2, 0.25) is 0 Å². The summed E-state index contributed by atoms with van der Waals surface area (Å²) < 4.78 is 0. The smallest absolute Gasteiger partial charge is 0 e. The van der Waals surface area contributed by atoms with Crippen molar-refractivity contribution < 1.29 is 242 Å². The molecule has 0 unspecified atom stereocenters. The van der Waals surface area contributed by atoms with E-state index in [9.17, 15) is 0 Å². The molecule has 0 saturated carbocycles. The molecule has 0 amide bonds. The summed E-state index contributed by atoms with van der Waals surface area (Å²) in [5.74, 6) is 0. The molecule has 0 fully saturated rings. The molecule has 0 aliphatic carbocycles. The third-order valence-corrected chi connectivity index (χ3v) is 0. The van der Waals surface area contributed by atoms with Crippen LogP contribution >= 0.6 is 0 Å². The summed E-state index contributed by atoms with van der Waals surface area (Å²) in [5, 5.41) is 0. The predicted molar refractivity (Wildman–Crippen MR) is 90.3 cm³/mol. The normalized spacial score (nSPS) is 0. The van der Waals surface area contributed by atoms with E-state index in [1.54, 1.807) is 0 Å². The fourth-order valence-corrected chi connectivity index (χ4v) is 0. The Bertz CT molecular complexity index is 19.5. The van der Waals surface area contributed by atoms with E-state index in [-0.39, 0.29) is 242 Å². The van der Waals surface area contributed by atoms with Crippen molar-refractivity contribution in [1.29, 1.82) is 0 Å². The molecule has 0 heterocycles. The zero-order chi connectivity index (χ0) is 0. The molecule has 25 nitrogen and oxygen atoms in total. The van der Waals surface area contributed by atoms with Gasteiger partial charge in [0.15, 0.2) is 0 Å². The second-order valence-electron chi connectivity index (χ2n) is 0. The summed E-state index contributed by atoms with van der Waals surface area (Å²) in [6.07, 6.45) is 0. The number of hydrogen-bond donors (Lipinski definition) is 0. The molecule has 230 valence electrons. The van der Waals surface area contributed by atoms with Gasteiger partial charge in [-0.1, -0.05) is 0 Å². The molecule has 0 aliphatic rings. The molecule has 0 bridgehead atoms. The maximum absolute atomic E-state index is 0. The van der Waals surface area contributed by atoms with Gasteiger partial charge in [0, 0.05) is 105 Å². The van der Waals surface area contributed by atoms with Gasteiger partial charge >= 0.3 is 0 Å². The Labute approximate surface area is 240 Å². The summed E-state index contributed by atoms with van der Waals surface area (Å²) in [6, 6.07) is 0. The van der Waals surface area contributed by atoms with Crippen molar-refractivity contribution in [3.63, 3.8) is 0 Å². The molecule has 0 saturated heterocycles. The summed E-state index contributed by atoms with van der Waals surface area (Å²) >= 11 is 0. The number of hydrogen-bond acceptors (Lipinski definition) is 0. The summed E-state index contributed by atoms with van der Waals surface area (Å²) in [6.45, 7) is 0. The molecule has 0 atom stereocenters. The number of rotatable bonds is 0. The predicted octanol–water partition coefficient (Wildman–Crippen LogP) is -20.6. The maximum Gasteiger partial charge on any atom is 0 e. The van der Waals surface area contributed by atoms with Crippen molar-refractivity contribution in [1.82, 2.24) is 0 Å². The second-order valence-corrected chi connectivity index (χ2v) is 0. The molecule has 0 aliphatic heterocycles. The van der Waals surface area contributed by atoms with Crippen molar-refractivity contribution in [3.05, 3.63) is 0 Å². The molecule has 30 heavy (non-hydrogen) atoms. The van der Waals surface area contributed by atoms with Crippen molar-refractivity contribution in [2.75, 3.05) is 0 Å². The largest absolute Gasteiger partial charge is 0.412 e. The molecule has 0 aromatic carbocycles. The standard InChI is InChI=1S/5Mo.25H2O/h;;;;;25*1H2. The maximum atomic E-state index is 0. The van der Waals surface area contributed by atoms with Crippen LogP contribution in [-0.2, 0) is 105 Å². The van der Waals surface area contributed by atoms with Crippen LogP contribution in [0.5, 0.6) is 0 Å². The van der Waals surface area contributed by atoms with Gasteiger partial charge in [-0.2, -0.15) is 0 Å². The molecule has 0 aromatic heterocycles. The average Bonchev–Trinajstić information content (AvgIpc) is 0. The van der Waals surface area contributed by atoms with Gasteiger partial charge in [-0.3, -0.25) is 0 Å². The summed E-state index contributed by atoms with van der Waals surface area (Å²) in [4.78, 5) is 0. The van der Waals surface area contributed by atoms with Gasteiger partial charge in [0.25, 0.3) is 0 Å². The monoisotopic (exact) mass is 940 g/mol. The summed E-state index contributed by atoms with van der Waals surface area (Å²) in [5.41, 5.74) is 0. The molecule has 0 radical (unpaired) electrons. The van der Waals surface area contributed by atoms with Gasteiger partial charge in [-0.05, 0) is 0 Å². The Hall–Kier alpha value is 2.44. The SMILES string of the molecule is O.O.O.O.O.O.O.O.O.O.O.O.O.O.O.O.O.O.O.O.O.O.O.O.O.[Mo].[Mo].[Mo].[Mo].[Mo]. The van der Waals surface area contributed by atoms with Crippen LogP contribution in [0.4, 0.5) is 0 Å². The summed E-state index contributed by atoms with van der Waals surface area (Å²) in [7, 11) is 0. The van der Waals surface area contributed by atoms with Crippen LogP contribution in [0.1, 0.15) is 0 Å². The molecule has 30 heteroatoms. The van der Waals surface area contributed by atoms with Gasteiger partial charge in [0.1, 0.15) is 0 Å². The Balaban J connectivity index is 0. The van der Waals surface area contributed by atoms with E-state index in [1.165, 1.54) is 0 Å². The second kappa shape index (κ2) is 4890. The zero-order valence-corrected chi connectivity index (χ0v) is 24.6. The van der Waals surface area contributed by atoms with Crippen LogP contribution in [0.3, 0.4) is 0 Å². The Kier molecular flexibility index (Phi) is 877000. The van der Waals surface area contributed by atoms with E-state index in [0.29, 0.717) is 0 Å². The molecular weight excluding hydrogens is 880 g/mol. The minimum absolute atomic E-state index is 0. The minimum atomic E-state index is 0. The first-order chi connectivity index (χ1) is 0. The molecule has 0 aromatic rings. The van der Waals surface area contributed by atoms with Crippen LogP contribution < -0.4 is 0 Å². The Morgan fingerprint density at radius 2 is 0.0667 bits per heavy atom. The van der Waals surface area contributed by atoms with Crippen LogP contribution in [0.2, 0.25) is 0 Å². The first-order valence-corrected chi connectivity index (χ1v) is 0. The molecule has 0 rings (SSSR count). The molecular formula is H50Mo5O25. The fraction of sp³-hybridized carbons (Fsp3) is 0. The fourth-order valence-electron chi connectivity index (χ4n) is 0. The van der Waals surface area contributed by atoms with E-state index < -0.39 is 0 Å². The van der Waals surface area contributed by atoms with Crippen LogP contribution in [0.15, 0.2) is 0 Å². The topological polar surface area (TPSA) is 788 Å². The van der Waals surface area contributed by atoms with Gasteiger partial charge in [-0.25, -0.2) is 0 Å².